The minimum absolute atomic E-state index is 0.0180. The Kier molecular flexibility index (Phi) is 13.1. The van der Waals surface area contributed by atoms with Gasteiger partial charge in [-0.3, -0.25) is 24.0 Å². The number of epoxide rings is 1. The molecule has 1 saturated heterocycles. The fourth-order valence-corrected chi connectivity index (χ4v) is 3.80. The van der Waals surface area contributed by atoms with Gasteiger partial charge in [0.05, 0.1) is 19.8 Å². The third-order valence-corrected chi connectivity index (χ3v) is 6.21. The quantitative estimate of drug-likeness (QED) is 0.154. The van der Waals surface area contributed by atoms with E-state index in [9.17, 15) is 24.0 Å². The number of nitrogens with one attached hydrogen (secondary N) is 3. The highest BCUT2D eigenvalue weighted by Crippen LogP contribution is 2.29. The maximum absolute atomic E-state index is 13.3. The molecular weight excluding hydrogens is 466 g/mol. The topological polar surface area (TPSA) is 143 Å². The Labute approximate surface area is 215 Å². The van der Waals surface area contributed by atoms with E-state index in [0.29, 0.717) is 19.4 Å². The van der Waals surface area contributed by atoms with E-state index in [1.54, 1.807) is 20.8 Å². The molecule has 0 saturated carbocycles. The van der Waals surface area contributed by atoms with Gasteiger partial charge in [-0.25, -0.2) is 0 Å². The molecule has 4 atom stereocenters. The van der Waals surface area contributed by atoms with Crippen molar-refractivity contribution in [2.24, 2.45) is 11.8 Å². The van der Waals surface area contributed by atoms with E-state index in [2.05, 4.69) is 20.7 Å². The average Bonchev–Trinajstić information content (AvgIpc) is 3.56. The summed E-state index contributed by atoms with van der Waals surface area (Å²) in [5, 5.41) is 8.21. The second-order valence-corrected chi connectivity index (χ2v) is 10.5. The van der Waals surface area contributed by atoms with Crippen LogP contribution in [0.3, 0.4) is 0 Å². The number of amides is 3. The molecule has 0 aliphatic carbocycles. The molecule has 36 heavy (non-hydrogen) atoms. The van der Waals surface area contributed by atoms with Crippen LogP contribution < -0.4 is 16.0 Å². The lowest BCUT2D eigenvalue weighted by Crippen LogP contribution is -2.57. The monoisotopic (exact) mass is 511 g/mol. The molecule has 0 aromatic rings. The summed E-state index contributed by atoms with van der Waals surface area (Å²) < 4.78 is 9.96. The molecule has 1 aliphatic rings. The summed E-state index contributed by atoms with van der Waals surface area (Å²) in [4.78, 5) is 63.4. The Morgan fingerprint density at radius 1 is 0.917 bits per heavy atom. The minimum Gasteiger partial charge on any atom is -0.469 e. The molecule has 1 heterocycles. The summed E-state index contributed by atoms with van der Waals surface area (Å²) in [6, 6.07) is -2.73. The smallest absolute Gasteiger partial charge is 0.305 e. The molecular formula is C26H45N3O7. The van der Waals surface area contributed by atoms with Crippen molar-refractivity contribution in [2.45, 2.75) is 110 Å². The van der Waals surface area contributed by atoms with Crippen molar-refractivity contribution < 1.29 is 33.4 Å². The van der Waals surface area contributed by atoms with Crippen LogP contribution in [0.5, 0.6) is 0 Å². The molecule has 10 heteroatoms. The molecule has 3 N–H and O–H groups in total. The van der Waals surface area contributed by atoms with Crippen molar-refractivity contribution in [3.63, 3.8) is 0 Å². The summed E-state index contributed by atoms with van der Waals surface area (Å²) in [6.45, 7) is 11.5. The molecule has 1 rings (SSSR count). The van der Waals surface area contributed by atoms with Crippen molar-refractivity contribution in [3.05, 3.63) is 0 Å². The van der Waals surface area contributed by atoms with Crippen LogP contribution in [0, 0.1) is 11.8 Å². The van der Waals surface area contributed by atoms with Crippen LogP contribution in [0.4, 0.5) is 0 Å². The summed E-state index contributed by atoms with van der Waals surface area (Å²) in [5.74, 6) is -2.18. The van der Waals surface area contributed by atoms with Gasteiger partial charge >= 0.3 is 5.97 Å². The van der Waals surface area contributed by atoms with Gasteiger partial charge in [0.25, 0.3) is 0 Å². The van der Waals surface area contributed by atoms with Crippen LogP contribution in [0.15, 0.2) is 0 Å². The molecule has 206 valence electrons. The fourth-order valence-electron chi connectivity index (χ4n) is 3.80. The number of carbonyl (C=O) groups is 5. The predicted molar refractivity (Wildman–Crippen MR) is 135 cm³/mol. The lowest BCUT2D eigenvalue weighted by atomic mass is 9.93. The zero-order chi connectivity index (χ0) is 27.5. The number of rotatable bonds is 17. The van der Waals surface area contributed by atoms with Crippen LogP contribution in [0.2, 0.25) is 0 Å². The van der Waals surface area contributed by atoms with Crippen LogP contribution in [0.1, 0.15) is 86.5 Å². The highest BCUT2D eigenvalue weighted by atomic mass is 16.6. The summed E-state index contributed by atoms with van der Waals surface area (Å²) in [7, 11) is 1.24. The molecule has 0 bridgehead atoms. The van der Waals surface area contributed by atoms with Gasteiger partial charge in [0, 0.05) is 12.8 Å². The van der Waals surface area contributed by atoms with Crippen LogP contribution >= 0.6 is 0 Å². The van der Waals surface area contributed by atoms with Crippen LogP contribution in [-0.4, -0.2) is 66.9 Å². The SMILES string of the molecule is CCCCCC(=O)N[C@H](C(=O)N[C@@H](CCC(=O)OC)C(=O)NC(CC(C)C)C(=O)[C@@]1(C)CO1)C(C)C. The highest BCUT2D eigenvalue weighted by molar-refractivity contribution is 5.98. The Morgan fingerprint density at radius 2 is 1.53 bits per heavy atom. The number of unbranched alkanes of at least 4 members (excludes halogenated alkanes) is 2. The normalized spacial score (nSPS) is 19.2. The van der Waals surface area contributed by atoms with Gasteiger partial charge in [-0.2, -0.15) is 0 Å². The van der Waals surface area contributed by atoms with E-state index in [0.717, 1.165) is 19.3 Å². The van der Waals surface area contributed by atoms with E-state index < -0.39 is 41.5 Å². The Balaban J connectivity index is 2.99. The minimum atomic E-state index is -1.09. The lowest BCUT2D eigenvalue weighted by molar-refractivity contribution is -0.141. The van der Waals surface area contributed by atoms with E-state index in [4.69, 9.17) is 4.74 Å². The summed E-state index contributed by atoms with van der Waals surface area (Å²) >= 11 is 0. The largest absolute Gasteiger partial charge is 0.469 e. The predicted octanol–water partition coefficient (Wildman–Crippen LogP) is 2.03. The van der Waals surface area contributed by atoms with E-state index in [1.807, 2.05) is 20.8 Å². The standard InChI is InChI=1S/C26H45N3O7/c1-8-9-10-11-20(30)29-22(17(4)5)25(34)27-18(12-13-21(31)35-7)24(33)28-19(14-16(2)3)23(32)26(6)15-36-26/h16-19,22H,8-15H2,1-7H3,(H,27,34)(H,28,33)(H,29,30)/t18-,19?,22-,26+/m0/s1. The number of carbonyl (C=O) groups excluding carboxylic acids is 5. The number of hydrogen-bond donors (Lipinski definition) is 3. The Morgan fingerprint density at radius 3 is 2.03 bits per heavy atom. The van der Waals surface area contributed by atoms with Gasteiger partial charge in [0.2, 0.25) is 17.7 Å². The molecule has 1 unspecified atom stereocenters. The van der Waals surface area contributed by atoms with Gasteiger partial charge in [-0.05, 0) is 38.0 Å². The van der Waals surface area contributed by atoms with Gasteiger partial charge in [0.1, 0.15) is 17.7 Å². The van der Waals surface area contributed by atoms with E-state index in [-0.39, 0.29) is 36.4 Å². The zero-order valence-electron chi connectivity index (χ0n) is 22.9. The lowest BCUT2D eigenvalue weighted by Gasteiger charge is -2.27. The first-order valence-corrected chi connectivity index (χ1v) is 13.0. The maximum atomic E-state index is 13.3. The van der Waals surface area contributed by atoms with Crippen molar-refractivity contribution in [1.82, 2.24) is 16.0 Å². The first-order chi connectivity index (χ1) is 16.8. The molecule has 1 aliphatic heterocycles. The maximum Gasteiger partial charge on any atom is 0.305 e. The average molecular weight is 512 g/mol. The number of methoxy groups -OCH3 is 1. The van der Waals surface area contributed by atoms with Crippen LogP contribution in [-0.2, 0) is 33.4 Å². The first-order valence-electron chi connectivity index (χ1n) is 13.0. The number of ketones is 1. The summed E-state index contributed by atoms with van der Waals surface area (Å²) in [6.07, 6.45) is 3.23. The fraction of sp³-hybridized carbons (Fsp3) is 0.808. The Bertz CT molecular complexity index is 777. The van der Waals surface area contributed by atoms with Gasteiger partial charge in [-0.15, -0.1) is 0 Å². The van der Waals surface area contributed by atoms with Gasteiger partial charge in [0.15, 0.2) is 5.78 Å². The second-order valence-electron chi connectivity index (χ2n) is 10.5. The zero-order valence-corrected chi connectivity index (χ0v) is 22.9. The first kappa shape index (κ1) is 31.5. The third-order valence-electron chi connectivity index (χ3n) is 6.21. The molecule has 10 nitrogen and oxygen atoms in total. The highest BCUT2D eigenvalue weighted by Gasteiger charge is 2.50. The summed E-state index contributed by atoms with van der Waals surface area (Å²) in [5.41, 5.74) is -0.914. The van der Waals surface area contributed by atoms with Gasteiger partial charge < -0.3 is 25.4 Å². The van der Waals surface area contributed by atoms with Crippen molar-refractivity contribution in [3.8, 4) is 0 Å². The number of Topliss-reactive ketones (excluding diaryl/α,β-unsaturated/α-hetero) is 1. The Hall–Kier alpha value is -2.49. The molecule has 0 spiro atoms. The van der Waals surface area contributed by atoms with Crippen molar-refractivity contribution in [2.75, 3.05) is 13.7 Å². The van der Waals surface area contributed by atoms with E-state index >= 15 is 0 Å². The number of esters is 1. The number of hydrogen-bond acceptors (Lipinski definition) is 7. The second kappa shape index (κ2) is 14.9. The third kappa shape index (κ3) is 10.6. The number of ether oxygens (including phenoxy) is 2. The van der Waals surface area contributed by atoms with Gasteiger partial charge in [-0.1, -0.05) is 47.5 Å². The van der Waals surface area contributed by atoms with E-state index in [1.165, 1.54) is 7.11 Å². The molecule has 0 aromatic carbocycles. The van der Waals surface area contributed by atoms with Crippen LogP contribution in [0.25, 0.3) is 0 Å². The molecule has 3 amide bonds. The van der Waals surface area contributed by atoms with Crippen molar-refractivity contribution in [1.29, 1.82) is 0 Å². The molecule has 0 aromatic heterocycles. The molecule has 1 fully saturated rings. The molecule has 0 radical (unpaired) electrons. The van der Waals surface area contributed by atoms with Crippen molar-refractivity contribution >= 4 is 29.5 Å².